The fourth-order valence-corrected chi connectivity index (χ4v) is 2.02. The van der Waals surface area contributed by atoms with Crippen molar-refractivity contribution in [2.24, 2.45) is 5.41 Å². The number of rotatable bonds is 6. The van der Waals surface area contributed by atoms with Gasteiger partial charge in [0.15, 0.2) is 0 Å². The first-order valence-corrected chi connectivity index (χ1v) is 6.51. The molecule has 0 amide bonds. The van der Waals surface area contributed by atoms with Gasteiger partial charge in [-0.1, -0.05) is 18.2 Å². The zero-order valence-electron chi connectivity index (χ0n) is 10.7. The van der Waals surface area contributed by atoms with Crippen LogP contribution in [0.2, 0.25) is 0 Å². The first-order chi connectivity index (χ1) is 9.31. The number of aliphatic hydroxyl groups excluding tert-OH is 1. The molecule has 1 saturated carbocycles. The molecule has 19 heavy (non-hydrogen) atoms. The van der Waals surface area contributed by atoms with Crippen LogP contribution in [-0.4, -0.2) is 28.5 Å². The molecular formula is C14H17N3O2. The molecule has 1 aromatic carbocycles. The third kappa shape index (κ3) is 2.83. The average Bonchev–Trinajstić information content (AvgIpc) is 3.09. The number of aromatic nitrogens is 2. The zero-order valence-corrected chi connectivity index (χ0v) is 10.7. The van der Waals surface area contributed by atoms with E-state index >= 15 is 0 Å². The highest BCUT2D eigenvalue weighted by atomic mass is 16.4. The molecule has 0 atom stereocenters. The van der Waals surface area contributed by atoms with Gasteiger partial charge < -0.3 is 14.8 Å². The van der Waals surface area contributed by atoms with Crippen LogP contribution in [-0.2, 0) is 6.54 Å². The molecule has 1 aromatic heterocycles. The van der Waals surface area contributed by atoms with Crippen LogP contribution in [0.1, 0.15) is 18.7 Å². The van der Waals surface area contributed by atoms with Gasteiger partial charge >= 0.3 is 0 Å². The number of benzene rings is 1. The maximum absolute atomic E-state index is 9.22. The molecule has 5 heteroatoms. The molecular weight excluding hydrogens is 242 g/mol. The van der Waals surface area contributed by atoms with Crippen LogP contribution >= 0.6 is 0 Å². The van der Waals surface area contributed by atoms with Crippen molar-refractivity contribution in [1.82, 2.24) is 15.5 Å². The molecule has 0 radical (unpaired) electrons. The molecule has 1 aliphatic rings. The molecule has 100 valence electrons. The summed E-state index contributed by atoms with van der Waals surface area (Å²) < 4.78 is 5.59. The normalized spacial score (nSPS) is 16.5. The third-order valence-corrected chi connectivity index (χ3v) is 3.56. The molecule has 2 N–H and O–H groups in total. The van der Waals surface area contributed by atoms with Crippen molar-refractivity contribution >= 4 is 0 Å². The number of hydrogen-bond donors (Lipinski definition) is 2. The van der Waals surface area contributed by atoms with Gasteiger partial charge in [-0.15, -0.1) is 10.2 Å². The first kappa shape index (κ1) is 12.3. The summed E-state index contributed by atoms with van der Waals surface area (Å²) >= 11 is 0. The molecule has 0 bridgehead atoms. The quantitative estimate of drug-likeness (QED) is 0.824. The van der Waals surface area contributed by atoms with E-state index in [9.17, 15) is 5.11 Å². The van der Waals surface area contributed by atoms with Crippen LogP contribution < -0.4 is 5.32 Å². The smallest absolute Gasteiger partial charge is 0.247 e. The molecule has 1 fully saturated rings. The van der Waals surface area contributed by atoms with E-state index in [1.165, 1.54) is 0 Å². The summed E-state index contributed by atoms with van der Waals surface area (Å²) in [4.78, 5) is 0. The van der Waals surface area contributed by atoms with Gasteiger partial charge in [-0.2, -0.15) is 0 Å². The summed E-state index contributed by atoms with van der Waals surface area (Å²) in [6, 6.07) is 9.71. The molecule has 5 nitrogen and oxygen atoms in total. The van der Waals surface area contributed by atoms with Crippen LogP contribution in [0.15, 0.2) is 34.7 Å². The van der Waals surface area contributed by atoms with Crippen molar-refractivity contribution in [1.29, 1.82) is 0 Å². The fourth-order valence-electron chi connectivity index (χ4n) is 2.02. The van der Waals surface area contributed by atoms with Gasteiger partial charge in [-0.05, 0) is 25.0 Å². The van der Waals surface area contributed by atoms with Crippen molar-refractivity contribution in [3.05, 3.63) is 36.2 Å². The maximum atomic E-state index is 9.22. The molecule has 1 aliphatic carbocycles. The third-order valence-electron chi connectivity index (χ3n) is 3.56. The maximum Gasteiger partial charge on any atom is 0.247 e. The summed E-state index contributed by atoms with van der Waals surface area (Å²) in [6.07, 6.45) is 2.19. The van der Waals surface area contributed by atoms with Crippen LogP contribution in [0, 0.1) is 5.41 Å². The Morgan fingerprint density at radius 1 is 1.21 bits per heavy atom. The number of hydrogen-bond acceptors (Lipinski definition) is 5. The van der Waals surface area contributed by atoms with Gasteiger partial charge in [0.25, 0.3) is 0 Å². The highest BCUT2D eigenvalue weighted by Gasteiger charge is 2.41. The molecule has 0 unspecified atom stereocenters. The Kier molecular flexibility index (Phi) is 3.31. The molecule has 0 spiro atoms. The second kappa shape index (κ2) is 5.11. The number of nitrogens with one attached hydrogen (secondary N) is 1. The Morgan fingerprint density at radius 2 is 2.00 bits per heavy atom. The second-order valence-electron chi connectivity index (χ2n) is 5.13. The lowest BCUT2D eigenvalue weighted by atomic mass is 10.1. The van der Waals surface area contributed by atoms with Gasteiger partial charge in [0.1, 0.15) is 0 Å². The summed E-state index contributed by atoms with van der Waals surface area (Å²) in [6.45, 7) is 1.59. The highest BCUT2D eigenvalue weighted by molar-refractivity contribution is 5.51. The van der Waals surface area contributed by atoms with Crippen molar-refractivity contribution in [2.75, 3.05) is 13.2 Å². The highest BCUT2D eigenvalue weighted by Crippen LogP contribution is 2.44. The van der Waals surface area contributed by atoms with Crippen LogP contribution in [0.3, 0.4) is 0 Å². The Hall–Kier alpha value is -1.72. The summed E-state index contributed by atoms with van der Waals surface area (Å²) in [7, 11) is 0. The first-order valence-electron chi connectivity index (χ1n) is 6.51. The van der Waals surface area contributed by atoms with Crippen LogP contribution in [0.25, 0.3) is 11.5 Å². The van der Waals surface area contributed by atoms with E-state index in [0.29, 0.717) is 18.3 Å². The van der Waals surface area contributed by atoms with E-state index in [-0.39, 0.29) is 12.0 Å². The lowest BCUT2D eigenvalue weighted by molar-refractivity contribution is 0.206. The molecule has 2 aromatic rings. The van der Waals surface area contributed by atoms with E-state index in [4.69, 9.17) is 4.42 Å². The minimum atomic E-state index is 0.0995. The van der Waals surface area contributed by atoms with E-state index in [1.807, 2.05) is 30.3 Å². The lowest BCUT2D eigenvalue weighted by Crippen LogP contribution is -2.26. The molecule has 0 aliphatic heterocycles. The lowest BCUT2D eigenvalue weighted by Gasteiger charge is -2.10. The minimum absolute atomic E-state index is 0.0995. The summed E-state index contributed by atoms with van der Waals surface area (Å²) in [5, 5.41) is 20.5. The Morgan fingerprint density at radius 3 is 2.68 bits per heavy atom. The van der Waals surface area contributed by atoms with Crippen molar-refractivity contribution < 1.29 is 9.52 Å². The van der Waals surface area contributed by atoms with E-state index in [2.05, 4.69) is 15.5 Å². The molecule has 0 saturated heterocycles. The predicted octanol–water partition coefficient (Wildman–Crippen LogP) is 1.60. The monoisotopic (exact) mass is 259 g/mol. The minimum Gasteiger partial charge on any atom is -0.419 e. The Balaban J connectivity index is 1.57. The zero-order chi connectivity index (χ0) is 13.1. The van der Waals surface area contributed by atoms with E-state index in [0.717, 1.165) is 24.9 Å². The van der Waals surface area contributed by atoms with Gasteiger partial charge in [0.2, 0.25) is 11.8 Å². The predicted molar refractivity (Wildman–Crippen MR) is 70.2 cm³/mol. The SMILES string of the molecule is OCC1(CNCc2nnc(-c3ccccc3)o2)CC1. The molecule has 3 rings (SSSR count). The topological polar surface area (TPSA) is 71.2 Å². The Labute approximate surface area is 111 Å². The van der Waals surface area contributed by atoms with Crippen molar-refractivity contribution in [3.8, 4) is 11.5 Å². The van der Waals surface area contributed by atoms with E-state index in [1.54, 1.807) is 0 Å². The van der Waals surface area contributed by atoms with Crippen molar-refractivity contribution in [3.63, 3.8) is 0 Å². The average molecular weight is 259 g/mol. The van der Waals surface area contributed by atoms with E-state index < -0.39 is 0 Å². The molecule has 1 heterocycles. The number of aliphatic hydroxyl groups is 1. The summed E-state index contributed by atoms with van der Waals surface area (Å²) in [5.41, 5.74) is 1.03. The van der Waals surface area contributed by atoms with Gasteiger partial charge in [0.05, 0.1) is 6.54 Å². The standard InChI is InChI=1S/C14H17N3O2/c18-10-14(6-7-14)9-15-8-12-16-17-13(19-12)11-4-2-1-3-5-11/h1-5,15,18H,6-10H2. The largest absolute Gasteiger partial charge is 0.419 e. The van der Waals surface area contributed by atoms with Gasteiger partial charge in [-0.3, -0.25) is 0 Å². The fraction of sp³-hybridized carbons (Fsp3) is 0.429. The second-order valence-corrected chi connectivity index (χ2v) is 5.13. The summed E-state index contributed by atoms with van der Waals surface area (Å²) in [5.74, 6) is 1.12. The van der Waals surface area contributed by atoms with Gasteiger partial charge in [-0.25, -0.2) is 0 Å². The van der Waals surface area contributed by atoms with Crippen molar-refractivity contribution in [2.45, 2.75) is 19.4 Å². The van der Waals surface area contributed by atoms with Crippen LogP contribution in [0.5, 0.6) is 0 Å². The van der Waals surface area contributed by atoms with Gasteiger partial charge in [0, 0.05) is 24.1 Å². The number of nitrogens with zero attached hydrogens (tertiary/aromatic N) is 2. The Bertz CT molecular complexity index is 535. The van der Waals surface area contributed by atoms with Crippen LogP contribution in [0.4, 0.5) is 0 Å².